The van der Waals surface area contributed by atoms with Crippen molar-refractivity contribution in [3.8, 4) is 5.75 Å². The third-order valence-corrected chi connectivity index (χ3v) is 6.83. The van der Waals surface area contributed by atoms with Crippen molar-refractivity contribution in [1.29, 1.82) is 0 Å². The predicted molar refractivity (Wildman–Crippen MR) is 154 cm³/mol. The summed E-state index contributed by atoms with van der Waals surface area (Å²) in [4.78, 5) is 65.6. The number of phenolic OH excluding ortho intramolecular Hbond substituents is 1. The molecule has 5 unspecified atom stereocenters. The lowest BCUT2D eigenvalue weighted by Gasteiger charge is -2.26. The van der Waals surface area contributed by atoms with Crippen molar-refractivity contribution in [2.45, 2.75) is 62.9 Å². The summed E-state index contributed by atoms with van der Waals surface area (Å²) < 4.78 is 0. The zero-order valence-electron chi connectivity index (χ0n) is 23.3. The smallest absolute Gasteiger partial charge is 0.326 e. The molecule has 10 N–H and O–H groups in total. The molecule has 5 atom stereocenters. The zero-order valence-corrected chi connectivity index (χ0v) is 23.3. The molecule has 0 radical (unpaired) electrons. The van der Waals surface area contributed by atoms with Gasteiger partial charge in [-0.15, -0.1) is 0 Å². The second-order valence-corrected chi connectivity index (χ2v) is 10.2. The van der Waals surface area contributed by atoms with Crippen LogP contribution in [0.5, 0.6) is 5.75 Å². The topological polar surface area (TPSA) is 244 Å². The number of aromatic nitrogens is 1. The Bertz CT molecular complexity index is 1450. The lowest BCUT2D eigenvalue weighted by molar-refractivity contribution is -0.143. The van der Waals surface area contributed by atoms with Gasteiger partial charge in [-0.05, 0) is 42.7 Å². The van der Waals surface area contributed by atoms with Crippen molar-refractivity contribution in [3.05, 3.63) is 65.9 Å². The fourth-order valence-electron chi connectivity index (χ4n) is 4.36. The first kappa shape index (κ1) is 32.6. The van der Waals surface area contributed by atoms with Gasteiger partial charge in [0.05, 0.1) is 6.10 Å². The molecular weight excluding hydrogens is 562 g/mol. The lowest BCUT2D eigenvalue weighted by atomic mass is 10.0. The average Bonchev–Trinajstić information content (AvgIpc) is 3.37. The molecule has 0 saturated carbocycles. The van der Waals surface area contributed by atoms with Crippen molar-refractivity contribution < 1.29 is 44.4 Å². The lowest BCUT2D eigenvalue weighted by Crippen LogP contribution is -2.59. The third kappa shape index (κ3) is 9.28. The van der Waals surface area contributed by atoms with Gasteiger partial charge in [0.2, 0.25) is 17.7 Å². The predicted octanol–water partition coefficient (Wildman–Crippen LogP) is -0.229. The molecule has 230 valence electrons. The molecule has 0 aliphatic rings. The van der Waals surface area contributed by atoms with E-state index in [1.807, 2.05) is 12.1 Å². The van der Waals surface area contributed by atoms with E-state index >= 15 is 0 Å². The molecule has 14 heteroatoms. The Morgan fingerprint density at radius 3 is 2.02 bits per heavy atom. The van der Waals surface area contributed by atoms with Gasteiger partial charge in [0, 0.05) is 36.4 Å². The van der Waals surface area contributed by atoms with Gasteiger partial charge in [-0.2, -0.15) is 0 Å². The van der Waals surface area contributed by atoms with Crippen molar-refractivity contribution in [1.82, 2.24) is 20.9 Å². The normalized spacial score (nSPS) is 14.6. The molecule has 3 rings (SSSR count). The summed E-state index contributed by atoms with van der Waals surface area (Å²) in [7, 11) is 0. The van der Waals surface area contributed by atoms with Crippen molar-refractivity contribution in [2.75, 3.05) is 0 Å². The Hall–Kier alpha value is -4.95. The summed E-state index contributed by atoms with van der Waals surface area (Å²) in [6, 6.07) is 7.53. The number of carboxylic acids is 2. The van der Waals surface area contributed by atoms with E-state index in [4.69, 9.17) is 10.8 Å². The molecule has 43 heavy (non-hydrogen) atoms. The number of carboxylic acid groups (broad SMARTS) is 2. The minimum Gasteiger partial charge on any atom is -0.508 e. The highest BCUT2D eigenvalue weighted by Crippen LogP contribution is 2.20. The number of nitrogens with two attached hydrogens (primary N) is 1. The number of aliphatic carboxylic acids is 2. The summed E-state index contributed by atoms with van der Waals surface area (Å²) in [5, 5.41) is 46.1. The highest BCUT2D eigenvalue weighted by atomic mass is 16.4. The second-order valence-electron chi connectivity index (χ2n) is 10.2. The number of aromatic amines is 1. The number of fused-ring (bicyclic) bond motifs is 1. The average molecular weight is 598 g/mol. The largest absolute Gasteiger partial charge is 0.508 e. The number of hydrogen-bond donors (Lipinski definition) is 9. The summed E-state index contributed by atoms with van der Waals surface area (Å²) >= 11 is 0. The fraction of sp³-hybridized carbons (Fsp3) is 0.345. The number of phenols is 1. The van der Waals surface area contributed by atoms with Gasteiger partial charge >= 0.3 is 11.9 Å². The molecule has 0 aliphatic carbocycles. The first-order chi connectivity index (χ1) is 20.3. The number of benzene rings is 2. The number of rotatable bonds is 15. The molecule has 1 heterocycles. The minimum absolute atomic E-state index is 0.0174. The number of nitrogens with one attached hydrogen (secondary N) is 4. The highest BCUT2D eigenvalue weighted by molar-refractivity contribution is 5.95. The van der Waals surface area contributed by atoms with Crippen LogP contribution in [0, 0.1) is 0 Å². The number of aliphatic hydroxyl groups excluding tert-OH is 1. The van der Waals surface area contributed by atoms with Crippen molar-refractivity contribution in [2.24, 2.45) is 5.73 Å². The van der Waals surface area contributed by atoms with Crippen LogP contribution in [0.3, 0.4) is 0 Å². The summed E-state index contributed by atoms with van der Waals surface area (Å²) in [5.41, 5.74) is 7.69. The van der Waals surface area contributed by atoms with E-state index in [1.54, 1.807) is 18.3 Å². The Morgan fingerprint density at radius 2 is 1.42 bits per heavy atom. The molecule has 0 spiro atoms. The van der Waals surface area contributed by atoms with E-state index < -0.39 is 66.4 Å². The van der Waals surface area contributed by atoms with Gasteiger partial charge in [0.15, 0.2) is 0 Å². The number of aromatic hydroxyl groups is 1. The fourth-order valence-corrected chi connectivity index (χ4v) is 4.36. The number of aliphatic hydroxyl groups is 1. The van der Waals surface area contributed by atoms with E-state index in [-0.39, 0.29) is 25.0 Å². The Labute approximate surface area is 246 Å². The number of carbonyl (C=O) groups excluding carboxylic acids is 3. The zero-order chi connectivity index (χ0) is 31.7. The first-order valence-electron chi connectivity index (χ1n) is 13.5. The highest BCUT2D eigenvalue weighted by Gasteiger charge is 2.32. The number of amides is 3. The molecule has 2 aromatic carbocycles. The van der Waals surface area contributed by atoms with E-state index in [2.05, 4.69) is 20.9 Å². The molecule has 0 fully saturated rings. The maximum absolute atomic E-state index is 13.6. The van der Waals surface area contributed by atoms with Gasteiger partial charge in [-0.25, -0.2) is 4.79 Å². The third-order valence-electron chi connectivity index (χ3n) is 6.83. The number of carbonyl (C=O) groups is 5. The monoisotopic (exact) mass is 597 g/mol. The number of para-hydroxylation sites is 1. The first-order valence-corrected chi connectivity index (χ1v) is 13.5. The molecule has 1 aromatic heterocycles. The number of hydrogen-bond acceptors (Lipinski definition) is 8. The molecule has 0 bridgehead atoms. The SMILES string of the molecule is CC(O)C(N)C(=O)NC(Cc1ccc(O)cc1)C(=O)NC(Cc1c[nH]c2ccccc12)C(=O)NC(CCC(=O)O)C(=O)O. The number of H-pyrrole nitrogens is 1. The summed E-state index contributed by atoms with van der Waals surface area (Å²) in [5.74, 6) is -5.23. The van der Waals surface area contributed by atoms with Gasteiger partial charge in [0.1, 0.15) is 29.9 Å². The Morgan fingerprint density at radius 1 is 0.837 bits per heavy atom. The maximum Gasteiger partial charge on any atom is 0.326 e. The van der Waals surface area contributed by atoms with E-state index in [0.717, 1.165) is 10.9 Å². The second kappa shape index (κ2) is 14.8. The van der Waals surface area contributed by atoms with Crippen LogP contribution in [0.4, 0.5) is 0 Å². The van der Waals surface area contributed by atoms with Crippen LogP contribution in [0.25, 0.3) is 10.9 Å². The van der Waals surface area contributed by atoms with Gasteiger partial charge in [-0.1, -0.05) is 30.3 Å². The van der Waals surface area contributed by atoms with Crippen LogP contribution in [0.1, 0.15) is 30.9 Å². The van der Waals surface area contributed by atoms with Crippen LogP contribution in [0.15, 0.2) is 54.7 Å². The maximum atomic E-state index is 13.6. The van der Waals surface area contributed by atoms with Crippen molar-refractivity contribution in [3.63, 3.8) is 0 Å². The molecule has 3 amide bonds. The van der Waals surface area contributed by atoms with Gasteiger partial charge < -0.3 is 47.1 Å². The van der Waals surface area contributed by atoms with E-state index in [1.165, 1.54) is 31.2 Å². The van der Waals surface area contributed by atoms with Crippen LogP contribution < -0.4 is 21.7 Å². The Kier molecular flexibility index (Phi) is 11.2. The van der Waals surface area contributed by atoms with Crippen LogP contribution >= 0.6 is 0 Å². The van der Waals surface area contributed by atoms with Gasteiger partial charge in [0.25, 0.3) is 0 Å². The standard InChI is InChI=1S/C29H35N5O9/c1-15(35)25(30)28(41)34-22(12-16-6-8-18(36)9-7-16)26(39)33-23(13-17-14-31-20-5-3-2-4-19(17)20)27(40)32-21(29(42)43)10-11-24(37)38/h2-9,14-15,21-23,25,31,35-36H,10-13,30H2,1H3,(H,32,40)(H,33,39)(H,34,41)(H,37,38)(H,42,43). The minimum atomic E-state index is -1.54. The summed E-state index contributed by atoms with van der Waals surface area (Å²) in [6.07, 6.45) is -0.645. The van der Waals surface area contributed by atoms with E-state index in [0.29, 0.717) is 11.1 Å². The summed E-state index contributed by atoms with van der Waals surface area (Å²) in [6.45, 7) is 1.31. The quantitative estimate of drug-likeness (QED) is 0.111. The molecule has 3 aromatic rings. The van der Waals surface area contributed by atoms with E-state index in [9.17, 15) is 39.3 Å². The van der Waals surface area contributed by atoms with Crippen LogP contribution in [0.2, 0.25) is 0 Å². The van der Waals surface area contributed by atoms with Crippen LogP contribution in [-0.4, -0.2) is 85.3 Å². The van der Waals surface area contributed by atoms with Crippen molar-refractivity contribution >= 4 is 40.6 Å². The van der Waals surface area contributed by atoms with Gasteiger partial charge in [-0.3, -0.25) is 19.2 Å². The van der Waals surface area contributed by atoms with Crippen LogP contribution in [-0.2, 0) is 36.8 Å². The molecular formula is C29H35N5O9. The molecule has 0 aliphatic heterocycles. The molecule has 0 saturated heterocycles. The Balaban J connectivity index is 1.91. The molecule has 14 nitrogen and oxygen atoms in total.